The van der Waals surface area contributed by atoms with Crippen LogP contribution >= 0.6 is 0 Å². The Labute approximate surface area is 211 Å². The maximum Gasteiger partial charge on any atom is 0.307 e. The van der Waals surface area contributed by atoms with Crippen molar-refractivity contribution in [1.29, 1.82) is 0 Å². The Morgan fingerprint density at radius 2 is 1.83 bits per heavy atom. The molecule has 0 bridgehead atoms. The number of nitrogens with one attached hydrogen (secondary N) is 2. The minimum absolute atomic E-state index is 0.00393. The van der Waals surface area contributed by atoms with E-state index in [2.05, 4.69) is 39.3 Å². The van der Waals surface area contributed by atoms with Crippen LogP contribution in [0.5, 0.6) is 0 Å². The van der Waals surface area contributed by atoms with Crippen LogP contribution in [-0.4, -0.2) is 40.3 Å². The number of rotatable bonds is 11. The number of carbonyl (C=O) groups excluding carboxylic acids is 2. The van der Waals surface area contributed by atoms with E-state index in [0.717, 1.165) is 17.7 Å². The number of halogens is 1. The first-order valence-electron chi connectivity index (χ1n) is 12.0. The lowest BCUT2D eigenvalue weighted by molar-refractivity contribution is -0.140. The molecular formula is C27H34FN5O3. The normalized spacial score (nSPS) is 12.3. The number of esters is 1. The summed E-state index contributed by atoms with van der Waals surface area (Å²) in [5, 5.41) is 10.4. The maximum atomic E-state index is 14.2. The molecule has 0 spiro atoms. The topological polar surface area (TPSA) is 98.1 Å². The first kappa shape index (κ1) is 26.8. The van der Waals surface area contributed by atoms with E-state index in [4.69, 9.17) is 0 Å². The van der Waals surface area contributed by atoms with Gasteiger partial charge in [0.05, 0.1) is 37.0 Å². The van der Waals surface area contributed by atoms with E-state index in [0.29, 0.717) is 22.9 Å². The van der Waals surface area contributed by atoms with Gasteiger partial charge in [-0.2, -0.15) is 5.10 Å². The molecule has 1 amide bonds. The van der Waals surface area contributed by atoms with Gasteiger partial charge in [0.1, 0.15) is 11.5 Å². The first-order valence-corrected chi connectivity index (χ1v) is 12.0. The maximum absolute atomic E-state index is 14.2. The molecule has 0 fully saturated rings. The van der Waals surface area contributed by atoms with Crippen LogP contribution in [0.25, 0.3) is 5.69 Å². The van der Waals surface area contributed by atoms with E-state index in [1.54, 1.807) is 29.2 Å². The van der Waals surface area contributed by atoms with Gasteiger partial charge < -0.3 is 15.4 Å². The summed E-state index contributed by atoms with van der Waals surface area (Å²) in [6.07, 6.45) is 5.74. The van der Waals surface area contributed by atoms with Crippen molar-refractivity contribution >= 4 is 17.7 Å². The molecule has 3 rings (SSSR count). The lowest BCUT2D eigenvalue weighted by atomic mass is 9.96. The molecule has 0 aliphatic carbocycles. The van der Waals surface area contributed by atoms with Gasteiger partial charge in [-0.3, -0.25) is 9.59 Å². The second-order valence-electron chi connectivity index (χ2n) is 9.58. The van der Waals surface area contributed by atoms with Crippen molar-refractivity contribution in [2.45, 2.75) is 52.2 Å². The van der Waals surface area contributed by atoms with Crippen molar-refractivity contribution in [3.05, 3.63) is 71.7 Å². The highest BCUT2D eigenvalue weighted by Crippen LogP contribution is 2.28. The summed E-state index contributed by atoms with van der Waals surface area (Å²) in [6, 6.07) is 11.4. The number of anilines is 1. The fourth-order valence-corrected chi connectivity index (χ4v) is 3.65. The molecule has 2 N–H and O–H groups in total. The van der Waals surface area contributed by atoms with Crippen LogP contribution in [-0.2, 0) is 15.2 Å². The molecule has 36 heavy (non-hydrogen) atoms. The van der Waals surface area contributed by atoms with Crippen molar-refractivity contribution in [1.82, 2.24) is 20.1 Å². The molecule has 2 heterocycles. The predicted molar refractivity (Wildman–Crippen MR) is 137 cm³/mol. The molecule has 0 saturated heterocycles. The van der Waals surface area contributed by atoms with Crippen molar-refractivity contribution in [3.63, 3.8) is 0 Å². The Morgan fingerprint density at radius 1 is 1.11 bits per heavy atom. The number of hydrogen-bond acceptors (Lipinski definition) is 6. The van der Waals surface area contributed by atoms with Crippen LogP contribution < -0.4 is 10.6 Å². The number of nitrogens with zero attached hydrogens (tertiary/aromatic N) is 3. The van der Waals surface area contributed by atoms with Gasteiger partial charge in [0, 0.05) is 24.5 Å². The molecule has 2 aromatic heterocycles. The number of hydrogen-bond donors (Lipinski definition) is 2. The monoisotopic (exact) mass is 495 g/mol. The minimum Gasteiger partial charge on any atom is -0.469 e. The quantitative estimate of drug-likeness (QED) is 0.365. The highest BCUT2D eigenvalue weighted by atomic mass is 19.1. The van der Waals surface area contributed by atoms with Gasteiger partial charge in [-0.15, -0.1) is 0 Å². The molecule has 1 unspecified atom stereocenters. The summed E-state index contributed by atoms with van der Waals surface area (Å²) in [6.45, 7) is 7.53. The smallest absolute Gasteiger partial charge is 0.307 e. The van der Waals surface area contributed by atoms with Gasteiger partial charge >= 0.3 is 5.97 Å². The fourth-order valence-electron chi connectivity index (χ4n) is 3.65. The number of pyridine rings is 1. The van der Waals surface area contributed by atoms with Crippen molar-refractivity contribution in [3.8, 4) is 5.69 Å². The molecule has 192 valence electrons. The zero-order valence-electron chi connectivity index (χ0n) is 21.4. The van der Waals surface area contributed by atoms with Gasteiger partial charge in [0.25, 0.3) is 5.91 Å². The van der Waals surface area contributed by atoms with Crippen LogP contribution in [0, 0.1) is 5.92 Å². The van der Waals surface area contributed by atoms with Crippen LogP contribution in [0.4, 0.5) is 10.2 Å². The Morgan fingerprint density at radius 3 is 2.39 bits per heavy atom. The minimum atomic E-state index is -1.45. The second-order valence-corrected chi connectivity index (χ2v) is 9.58. The van der Waals surface area contributed by atoms with Gasteiger partial charge in [-0.05, 0) is 56.0 Å². The molecule has 8 nitrogen and oxygen atoms in total. The van der Waals surface area contributed by atoms with E-state index < -0.39 is 5.67 Å². The van der Waals surface area contributed by atoms with Crippen LogP contribution in [0.3, 0.4) is 0 Å². The number of ether oxygens (including phenoxy) is 1. The third-order valence-electron chi connectivity index (χ3n) is 5.73. The highest BCUT2D eigenvalue weighted by molar-refractivity contribution is 5.94. The van der Waals surface area contributed by atoms with Gasteiger partial charge in [0.15, 0.2) is 0 Å². The number of methoxy groups -OCH3 is 1. The van der Waals surface area contributed by atoms with E-state index in [1.807, 2.05) is 24.3 Å². The molecule has 9 heteroatoms. The molecule has 0 aliphatic heterocycles. The highest BCUT2D eigenvalue weighted by Gasteiger charge is 2.21. The van der Waals surface area contributed by atoms with Gasteiger partial charge in [-0.25, -0.2) is 14.1 Å². The Kier molecular flexibility index (Phi) is 8.79. The predicted octanol–water partition coefficient (Wildman–Crippen LogP) is 4.96. The Bertz CT molecular complexity index is 1150. The average Bonchev–Trinajstić information content (AvgIpc) is 3.35. The number of amides is 1. The number of benzene rings is 1. The summed E-state index contributed by atoms with van der Waals surface area (Å²) >= 11 is 0. The van der Waals surface area contributed by atoms with Gasteiger partial charge in [0.2, 0.25) is 0 Å². The van der Waals surface area contributed by atoms with Crippen LogP contribution in [0.1, 0.15) is 68.1 Å². The third-order valence-corrected chi connectivity index (χ3v) is 5.73. The van der Waals surface area contributed by atoms with E-state index in [-0.39, 0.29) is 30.9 Å². The largest absolute Gasteiger partial charge is 0.469 e. The van der Waals surface area contributed by atoms with Crippen LogP contribution in [0.15, 0.2) is 55.0 Å². The summed E-state index contributed by atoms with van der Waals surface area (Å²) < 4.78 is 20.4. The van der Waals surface area contributed by atoms with E-state index in [1.165, 1.54) is 27.2 Å². The third kappa shape index (κ3) is 7.37. The van der Waals surface area contributed by atoms with Crippen molar-refractivity contribution < 1.29 is 18.7 Å². The average molecular weight is 496 g/mol. The SMILES string of the molecule is COC(=O)CCNC(=O)c1ccc(NC(CC(C)C)c2ccc(-n3cc(C(C)(C)F)cn3)cc2)nc1. The molecule has 3 aromatic rings. The Balaban J connectivity index is 1.68. The summed E-state index contributed by atoms with van der Waals surface area (Å²) in [5.74, 6) is 0.403. The van der Waals surface area contributed by atoms with Gasteiger partial charge in [-0.1, -0.05) is 26.0 Å². The lowest BCUT2D eigenvalue weighted by Gasteiger charge is -2.22. The number of carbonyl (C=O) groups is 2. The van der Waals surface area contributed by atoms with Crippen LogP contribution in [0.2, 0.25) is 0 Å². The molecular weight excluding hydrogens is 461 g/mol. The molecule has 0 aliphatic rings. The molecule has 0 saturated carbocycles. The standard InChI is InChI=1S/C27H34FN5O3/c1-18(2)14-23(19-6-9-22(10-7-19)33-17-21(16-31-33)27(3,4)28)32-24-11-8-20(15-30-24)26(35)29-13-12-25(34)36-5/h6-11,15-18,23H,12-14H2,1-5H3,(H,29,35)(H,30,32). The molecule has 0 radical (unpaired) electrons. The number of alkyl halides is 1. The summed E-state index contributed by atoms with van der Waals surface area (Å²) in [5.41, 5.74) is 1.41. The summed E-state index contributed by atoms with van der Waals surface area (Å²) in [4.78, 5) is 27.9. The second kappa shape index (κ2) is 11.8. The van der Waals surface area contributed by atoms with E-state index >= 15 is 0 Å². The lowest BCUT2D eigenvalue weighted by Crippen LogP contribution is -2.26. The molecule has 1 atom stereocenters. The Hall–Kier alpha value is -3.75. The number of aromatic nitrogens is 3. The van der Waals surface area contributed by atoms with Crippen molar-refractivity contribution in [2.75, 3.05) is 19.0 Å². The molecule has 1 aromatic carbocycles. The summed E-state index contributed by atoms with van der Waals surface area (Å²) in [7, 11) is 1.31. The fraction of sp³-hybridized carbons (Fsp3) is 0.407. The van der Waals surface area contributed by atoms with E-state index in [9.17, 15) is 14.0 Å². The first-order chi connectivity index (χ1) is 17.1. The zero-order valence-corrected chi connectivity index (χ0v) is 21.4. The zero-order chi connectivity index (χ0) is 26.3. The van der Waals surface area contributed by atoms with Crippen molar-refractivity contribution in [2.24, 2.45) is 5.92 Å².